The minimum atomic E-state index is -0.829. The molecule has 2 saturated heterocycles. The zero-order valence-electron chi connectivity index (χ0n) is 11.0. The quantitative estimate of drug-likeness (QED) is 0.785. The van der Waals surface area contributed by atoms with E-state index < -0.39 is 23.7 Å². The first-order valence-electron chi connectivity index (χ1n) is 6.59. The molecule has 2 fully saturated rings. The van der Waals surface area contributed by atoms with Crippen LogP contribution >= 0.6 is 0 Å². The summed E-state index contributed by atoms with van der Waals surface area (Å²) in [5.74, 6) is -2.02. The van der Waals surface area contributed by atoms with Gasteiger partial charge in [0, 0.05) is 12.6 Å². The monoisotopic (exact) mass is 280 g/mol. The van der Waals surface area contributed by atoms with Crippen molar-refractivity contribution in [2.75, 3.05) is 11.4 Å². The number of hydrogen-bond donors (Lipinski definition) is 0. The van der Waals surface area contributed by atoms with Gasteiger partial charge in [-0.3, -0.25) is 14.5 Å². The number of fused-ring (bicyclic) bond motifs is 1. The van der Waals surface area contributed by atoms with Gasteiger partial charge in [0.15, 0.2) is 0 Å². The van der Waals surface area contributed by atoms with Gasteiger partial charge in [0.2, 0.25) is 5.91 Å². The predicted octanol–water partition coefficient (Wildman–Crippen LogP) is 1.69. The molecular formula is C14H14F2N2O2. The van der Waals surface area contributed by atoms with Crippen LogP contribution in [-0.4, -0.2) is 35.3 Å². The van der Waals surface area contributed by atoms with Crippen molar-refractivity contribution in [3.8, 4) is 0 Å². The van der Waals surface area contributed by atoms with Gasteiger partial charge in [-0.15, -0.1) is 0 Å². The number of rotatable bonds is 1. The predicted molar refractivity (Wildman–Crippen MR) is 68.0 cm³/mol. The minimum absolute atomic E-state index is 0.0381. The Hall–Kier alpha value is -1.98. The van der Waals surface area contributed by atoms with Gasteiger partial charge in [0.1, 0.15) is 23.7 Å². The largest absolute Gasteiger partial charge is 0.329 e. The van der Waals surface area contributed by atoms with Gasteiger partial charge in [-0.2, -0.15) is 0 Å². The Balaban J connectivity index is 2.03. The number of halogens is 2. The Labute approximate surface area is 115 Å². The summed E-state index contributed by atoms with van der Waals surface area (Å²) in [6, 6.07) is 1.74. The zero-order chi connectivity index (χ0) is 14.4. The lowest BCUT2D eigenvalue weighted by Crippen LogP contribution is -2.62. The van der Waals surface area contributed by atoms with Gasteiger partial charge in [0.25, 0.3) is 5.91 Å². The standard InChI is InChI=1S/C14H14F2N2O2/c1-8-13(19)17-6-2-3-12(17)14(20)18(8)11-5-4-9(15)7-10(11)16/h4-5,7-8,12H,2-3,6H2,1H3. The molecule has 0 spiro atoms. The van der Waals surface area contributed by atoms with Crippen molar-refractivity contribution in [1.82, 2.24) is 4.90 Å². The van der Waals surface area contributed by atoms with Gasteiger partial charge in [-0.05, 0) is 31.9 Å². The lowest BCUT2D eigenvalue weighted by atomic mass is 10.0. The summed E-state index contributed by atoms with van der Waals surface area (Å²) in [6.45, 7) is 2.14. The topological polar surface area (TPSA) is 40.6 Å². The van der Waals surface area contributed by atoms with E-state index in [1.54, 1.807) is 11.8 Å². The summed E-state index contributed by atoms with van der Waals surface area (Å²) in [7, 11) is 0. The molecular weight excluding hydrogens is 266 g/mol. The highest BCUT2D eigenvalue weighted by Crippen LogP contribution is 2.32. The summed E-state index contributed by atoms with van der Waals surface area (Å²) >= 11 is 0. The van der Waals surface area contributed by atoms with E-state index in [0.29, 0.717) is 13.0 Å². The number of carbonyl (C=O) groups excluding carboxylic acids is 2. The highest BCUT2D eigenvalue weighted by Gasteiger charge is 2.47. The van der Waals surface area contributed by atoms with Crippen molar-refractivity contribution < 1.29 is 18.4 Å². The summed E-state index contributed by atoms with van der Waals surface area (Å²) in [5, 5.41) is 0. The Bertz CT molecular complexity index is 591. The van der Waals surface area contributed by atoms with E-state index in [4.69, 9.17) is 0 Å². The van der Waals surface area contributed by atoms with E-state index in [0.717, 1.165) is 23.5 Å². The molecule has 2 aliphatic heterocycles. The van der Waals surface area contributed by atoms with Crippen LogP contribution in [0, 0.1) is 11.6 Å². The number of hydrogen-bond acceptors (Lipinski definition) is 2. The molecule has 2 unspecified atom stereocenters. The van der Waals surface area contributed by atoms with Crippen molar-refractivity contribution in [3.63, 3.8) is 0 Å². The SMILES string of the molecule is CC1C(=O)N2CCCC2C(=O)N1c1ccc(F)cc1F. The van der Waals surface area contributed by atoms with Crippen LogP contribution in [0.2, 0.25) is 0 Å². The summed E-state index contributed by atoms with van der Waals surface area (Å²) < 4.78 is 26.9. The van der Waals surface area contributed by atoms with Crippen molar-refractivity contribution in [1.29, 1.82) is 0 Å². The third kappa shape index (κ3) is 1.78. The first-order valence-corrected chi connectivity index (χ1v) is 6.59. The second-order valence-corrected chi connectivity index (χ2v) is 5.17. The molecule has 0 bridgehead atoms. The van der Waals surface area contributed by atoms with E-state index in [1.165, 1.54) is 6.07 Å². The Morgan fingerprint density at radius 2 is 1.95 bits per heavy atom. The fraction of sp³-hybridized carbons (Fsp3) is 0.429. The second kappa shape index (κ2) is 4.54. The lowest BCUT2D eigenvalue weighted by Gasteiger charge is -2.40. The van der Waals surface area contributed by atoms with E-state index in [2.05, 4.69) is 0 Å². The summed E-state index contributed by atoms with van der Waals surface area (Å²) in [4.78, 5) is 27.4. The highest BCUT2D eigenvalue weighted by molar-refractivity contribution is 6.08. The molecule has 0 saturated carbocycles. The van der Waals surface area contributed by atoms with Crippen LogP contribution in [0.15, 0.2) is 18.2 Å². The zero-order valence-corrected chi connectivity index (χ0v) is 11.0. The van der Waals surface area contributed by atoms with Gasteiger partial charge in [-0.25, -0.2) is 8.78 Å². The number of anilines is 1. The molecule has 4 nitrogen and oxygen atoms in total. The van der Waals surface area contributed by atoms with Crippen LogP contribution in [0.4, 0.5) is 14.5 Å². The number of benzene rings is 1. The molecule has 6 heteroatoms. The third-order valence-electron chi connectivity index (χ3n) is 3.97. The van der Waals surface area contributed by atoms with Crippen LogP contribution < -0.4 is 4.90 Å². The number of amides is 2. The van der Waals surface area contributed by atoms with E-state index in [9.17, 15) is 18.4 Å². The number of nitrogens with zero attached hydrogens (tertiary/aromatic N) is 2. The molecule has 1 aromatic carbocycles. The maximum Gasteiger partial charge on any atom is 0.250 e. The van der Waals surface area contributed by atoms with Crippen molar-refractivity contribution in [2.45, 2.75) is 31.8 Å². The average molecular weight is 280 g/mol. The van der Waals surface area contributed by atoms with Gasteiger partial charge in [-0.1, -0.05) is 0 Å². The molecule has 106 valence electrons. The summed E-state index contributed by atoms with van der Waals surface area (Å²) in [5.41, 5.74) is -0.0381. The van der Waals surface area contributed by atoms with Gasteiger partial charge in [0.05, 0.1) is 5.69 Å². The normalized spacial score (nSPS) is 26.1. The van der Waals surface area contributed by atoms with Crippen molar-refractivity contribution in [2.24, 2.45) is 0 Å². The lowest BCUT2D eigenvalue weighted by molar-refractivity contribution is -0.143. The van der Waals surface area contributed by atoms with Crippen LogP contribution in [-0.2, 0) is 9.59 Å². The molecule has 0 radical (unpaired) electrons. The molecule has 1 aromatic rings. The smallest absolute Gasteiger partial charge is 0.250 e. The molecule has 3 rings (SSSR count). The van der Waals surface area contributed by atoms with Crippen LogP contribution in [0.25, 0.3) is 0 Å². The second-order valence-electron chi connectivity index (χ2n) is 5.17. The molecule has 20 heavy (non-hydrogen) atoms. The first-order chi connectivity index (χ1) is 9.50. The molecule has 2 atom stereocenters. The van der Waals surface area contributed by atoms with E-state index in [-0.39, 0.29) is 17.5 Å². The highest BCUT2D eigenvalue weighted by atomic mass is 19.1. The molecule has 2 amide bonds. The Morgan fingerprint density at radius 3 is 2.65 bits per heavy atom. The number of carbonyl (C=O) groups is 2. The summed E-state index contributed by atoms with van der Waals surface area (Å²) in [6.07, 6.45) is 1.37. The molecule has 0 aromatic heterocycles. The molecule has 2 heterocycles. The Kier molecular flexibility index (Phi) is 2.96. The maximum atomic E-state index is 13.9. The molecule has 0 N–H and O–H groups in total. The van der Waals surface area contributed by atoms with Crippen LogP contribution in [0.5, 0.6) is 0 Å². The fourth-order valence-electron chi connectivity index (χ4n) is 2.99. The minimum Gasteiger partial charge on any atom is -0.329 e. The average Bonchev–Trinajstić information content (AvgIpc) is 2.88. The van der Waals surface area contributed by atoms with Crippen LogP contribution in [0.1, 0.15) is 19.8 Å². The molecule has 0 aliphatic carbocycles. The number of piperazine rings is 1. The van der Waals surface area contributed by atoms with Crippen LogP contribution in [0.3, 0.4) is 0 Å². The van der Waals surface area contributed by atoms with E-state index in [1.807, 2.05) is 0 Å². The van der Waals surface area contributed by atoms with Crippen molar-refractivity contribution >= 4 is 17.5 Å². The Morgan fingerprint density at radius 1 is 1.20 bits per heavy atom. The first kappa shape index (κ1) is 13.0. The van der Waals surface area contributed by atoms with Gasteiger partial charge < -0.3 is 4.90 Å². The van der Waals surface area contributed by atoms with Gasteiger partial charge >= 0.3 is 0 Å². The van der Waals surface area contributed by atoms with E-state index >= 15 is 0 Å². The third-order valence-corrected chi connectivity index (χ3v) is 3.97. The van der Waals surface area contributed by atoms with Crippen molar-refractivity contribution in [3.05, 3.63) is 29.8 Å². The fourth-order valence-corrected chi connectivity index (χ4v) is 2.99. The molecule has 2 aliphatic rings. The maximum absolute atomic E-state index is 13.9.